The number of anilines is 1. The smallest absolute Gasteiger partial charge is 0.285 e. The molecule has 0 fully saturated rings. The van der Waals surface area contributed by atoms with Gasteiger partial charge in [0.1, 0.15) is 10.8 Å². The van der Waals surface area contributed by atoms with Crippen molar-refractivity contribution in [3.05, 3.63) is 57.2 Å². The third-order valence-electron chi connectivity index (χ3n) is 2.84. The Morgan fingerprint density at radius 1 is 1.27 bits per heavy atom. The molecule has 0 aliphatic rings. The van der Waals surface area contributed by atoms with Crippen molar-refractivity contribution >= 4 is 23.2 Å². The van der Waals surface area contributed by atoms with Crippen LogP contribution in [-0.4, -0.2) is 29.2 Å². The number of halogens is 2. The van der Waals surface area contributed by atoms with Crippen molar-refractivity contribution in [3.8, 4) is 0 Å². The topological polar surface area (TPSA) is 86.9 Å². The number of hydrogen-bond donors (Lipinski definition) is 3. The predicted octanol–water partition coefficient (Wildman–Crippen LogP) is 1.33. The number of amides is 1. The number of benzene rings is 1. The van der Waals surface area contributed by atoms with Gasteiger partial charge in [0.25, 0.3) is 5.56 Å². The van der Waals surface area contributed by atoms with E-state index in [0.717, 1.165) is 5.56 Å². The molecule has 2 rings (SSSR count). The van der Waals surface area contributed by atoms with Crippen LogP contribution in [0.4, 0.5) is 10.1 Å². The lowest BCUT2D eigenvalue weighted by molar-refractivity contribution is -0.120. The molecule has 1 heterocycles. The summed E-state index contributed by atoms with van der Waals surface area (Å²) < 4.78 is 12.7. The first kappa shape index (κ1) is 16.0. The molecule has 1 aromatic carbocycles. The summed E-state index contributed by atoms with van der Waals surface area (Å²) in [5, 5.41) is 11.5. The summed E-state index contributed by atoms with van der Waals surface area (Å²) in [4.78, 5) is 22.9. The van der Waals surface area contributed by atoms with Crippen molar-refractivity contribution in [3.63, 3.8) is 0 Å². The fraction of sp³-hybridized carbons (Fsp3) is 0.214. The monoisotopic (exact) mass is 324 g/mol. The molecule has 0 spiro atoms. The number of hydrogen-bond acceptors (Lipinski definition) is 4. The Kier molecular flexibility index (Phi) is 5.48. The van der Waals surface area contributed by atoms with Crippen molar-refractivity contribution in [2.24, 2.45) is 0 Å². The van der Waals surface area contributed by atoms with E-state index in [1.807, 2.05) is 0 Å². The van der Waals surface area contributed by atoms with E-state index in [-0.39, 0.29) is 23.2 Å². The third kappa shape index (κ3) is 4.56. The maximum absolute atomic E-state index is 12.7. The SMILES string of the molecule is O=C(Cc1ccc(F)cc1)NCCNc1cn[nH]c(=O)c1Cl. The summed E-state index contributed by atoms with van der Waals surface area (Å²) in [5.74, 6) is -0.514. The van der Waals surface area contributed by atoms with Gasteiger partial charge in [-0.05, 0) is 17.7 Å². The predicted molar refractivity (Wildman–Crippen MR) is 81.5 cm³/mol. The number of aromatic nitrogens is 2. The number of carbonyl (C=O) groups is 1. The highest BCUT2D eigenvalue weighted by atomic mass is 35.5. The van der Waals surface area contributed by atoms with Crippen LogP contribution in [0.25, 0.3) is 0 Å². The Hall–Kier alpha value is -2.41. The molecule has 22 heavy (non-hydrogen) atoms. The largest absolute Gasteiger partial charge is 0.381 e. The average molecular weight is 325 g/mol. The molecule has 8 heteroatoms. The second kappa shape index (κ2) is 7.56. The molecule has 116 valence electrons. The van der Waals surface area contributed by atoms with Gasteiger partial charge in [-0.15, -0.1) is 0 Å². The Bertz CT molecular complexity index is 703. The molecule has 0 atom stereocenters. The Balaban J connectivity index is 1.74. The molecule has 0 radical (unpaired) electrons. The molecular formula is C14H14ClFN4O2. The van der Waals surface area contributed by atoms with Gasteiger partial charge in [0, 0.05) is 13.1 Å². The standard InChI is InChI=1S/C14H14ClFN4O2/c15-13-11(8-19-20-14(13)22)17-5-6-18-12(21)7-9-1-3-10(16)4-2-9/h1-4,8H,5-7H2,(H,18,21)(H2,17,20,22). The first-order valence-electron chi connectivity index (χ1n) is 6.54. The van der Waals surface area contributed by atoms with Gasteiger partial charge >= 0.3 is 0 Å². The molecule has 2 aromatic rings. The number of H-pyrrole nitrogens is 1. The van der Waals surface area contributed by atoms with Crippen LogP contribution in [0.2, 0.25) is 5.02 Å². The van der Waals surface area contributed by atoms with Crippen molar-refractivity contribution in [2.75, 3.05) is 18.4 Å². The van der Waals surface area contributed by atoms with Crippen LogP contribution in [0, 0.1) is 5.82 Å². The average Bonchev–Trinajstić information content (AvgIpc) is 2.50. The quantitative estimate of drug-likeness (QED) is 0.700. The van der Waals surface area contributed by atoms with Crippen LogP contribution < -0.4 is 16.2 Å². The minimum absolute atomic E-state index is 0.0210. The van der Waals surface area contributed by atoms with Crippen LogP contribution in [0.1, 0.15) is 5.56 Å². The second-order valence-electron chi connectivity index (χ2n) is 4.51. The number of rotatable bonds is 6. The first-order valence-corrected chi connectivity index (χ1v) is 6.92. The van der Waals surface area contributed by atoms with E-state index in [1.165, 1.54) is 18.3 Å². The number of carbonyl (C=O) groups excluding carboxylic acids is 1. The van der Waals surface area contributed by atoms with E-state index in [1.54, 1.807) is 12.1 Å². The maximum atomic E-state index is 12.7. The fourth-order valence-corrected chi connectivity index (χ4v) is 1.91. The normalized spacial score (nSPS) is 10.3. The van der Waals surface area contributed by atoms with E-state index in [0.29, 0.717) is 18.8 Å². The maximum Gasteiger partial charge on any atom is 0.285 e. The minimum Gasteiger partial charge on any atom is -0.381 e. The number of aromatic amines is 1. The summed E-state index contributed by atoms with van der Waals surface area (Å²) in [5.41, 5.74) is 0.652. The van der Waals surface area contributed by atoms with Gasteiger partial charge in [0.2, 0.25) is 5.91 Å². The zero-order valence-corrected chi connectivity index (χ0v) is 12.3. The highest BCUT2D eigenvalue weighted by molar-refractivity contribution is 6.32. The molecule has 3 N–H and O–H groups in total. The van der Waals surface area contributed by atoms with Crippen molar-refractivity contribution < 1.29 is 9.18 Å². The molecule has 0 saturated carbocycles. The van der Waals surface area contributed by atoms with E-state index in [2.05, 4.69) is 20.8 Å². The highest BCUT2D eigenvalue weighted by Crippen LogP contribution is 2.13. The van der Waals surface area contributed by atoms with Crippen LogP contribution in [0.5, 0.6) is 0 Å². The number of nitrogens with zero attached hydrogens (tertiary/aromatic N) is 1. The lowest BCUT2D eigenvalue weighted by Gasteiger charge is -2.08. The van der Waals surface area contributed by atoms with Gasteiger partial charge < -0.3 is 10.6 Å². The Morgan fingerprint density at radius 3 is 2.73 bits per heavy atom. The molecule has 0 aliphatic heterocycles. The zero-order chi connectivity index (χ0) is 15.9. The first-order chi connectivity index (χ1) is 10.6. The molecule has 0 unspecified atom stereocenters. The summed E-state index contributed by atoms with van der Waals surface area (Å²) in [6.07, 6.45) is 1.57. The number of nitrogens with one attached hydrogen (secondary N) is 3. The van der Waals surface area contributed by atoms with E-state index in [9.17, 15) is 14.0 Å². The molecule has 1 aromatic heterocycles. The van der Waals surface area contributed by atoms with Gasteiger partial charge in [-0.2, -0.15) is 5.10 Å². The van der Waals surface area contributed by atoms with Gasteiger partial charge in [-0.3, -0.25) is 9.59 Å². The summed E-state index contributed by atoms with van der Waals surface area (Å²) >= 11 is 5.79. The Labute approximate surface area is 130 Å². The van der Waals surface area contributed by atoms with E-state index >= 15 is 0 Å². The van der Waals surface area contributed by atoms with Gasteiger partial charge in [-0.25, -0.2) is 9.49 Å². The van der Waals surface area contributed by atoms with Gasteiger partial charge in [0.15, 0.2) is 0 Å². The molecule has 6 nitrogen and oxygen atoms in total. The van der Waals surface area contributed by atoms with Crippen molar-refractivity contribution in [1.29, 1.82) is 0 Å². The van der Waals surface area contributed by atoms with Gasteiger partial charge in [0.05, 0.1) is 18.3 Å². The van der Waals surface area contributed by atoms with Crippen molar-refractivity contribution in [1.82, 2.24) is 15.5 Å². The van der Waals surface area contributed by atoms with Crippen LogP contribution in [-0.2, 0) is 11.2 Å². The molecule has 0 saturated heterocycles. The second-order valence-corrected chi connectivity index (χ2v) is 4.88. The van der Waals surface area contributed by atoms with Gasteiger partial charge in [-0.1, -0.05) is 23.7 Å². The fourth-order valence-electron chi connectivity index (χ4n) is 1.76. The third-order valence-corrected chi connectivity index (χ3v) is 3.21. The lowest BCUT2D eigenvalue weighted by atomic mass is 10.1. The summed E-state index contributed by atoms with van der Waals surface area (Å²) in [6.45, 7) is 0.739. The van der Waals surface area contributed by atoms with E-state index in [4.69, 9.17) is 11.6 Å². The molecule has 0 aliphatic carbocycles. The summed E-state index contributed by atoms with van der Waals surface area (Å²) in [7, 11) is 0. The van der Waals surface area contributed by atoms with Crippen molar-refractivity contribution in [2.45, 2.75) is 6.42 Å². The van der Waals surface area contributed by atoms with Crippen LogP contribution >= 0.6 is 11.6 Å². The zero-order valence-electron chi connectivity index (χ0n) is 11.5. The Morgan fingerprint density at radius 2 is 2.00 bits per heavy atom. The van der Waals surface area contributed by atoms with Crippen LogP contribution in [0.15, 0.2) is 35.3 Å². The highest BCUT2D eigenvalue weighted by Gasteiger charge is 2.05. The molecule has 1 amide bonds. The van der Waals surface area contributed by atoms with Crippen LogP contribution in [0.3, 0.4) is 0 Å². The minimum atomic E-state index is -0.480. The lowest BCUT2D eigenvalue weighted by Crippen LogP contribution is -2.30. The molecular weight excluding hydrogens is 311 g/mol. The molecule has 0 bridgehead atoms. The van der Waals surface area contributed by atoms with E-state index < -0.39 is 5.56 Å². The summed E-state index contributed by atoms with van der Waals surface area (Å²) in [6, 6.07) is 5.75.